The minimum atomic E-state index is -0.354. The number of halogens is 1. The Balaban J connectivity index is 1.82. The molecule has 0 aliphatic carbocycles. The van der Waals surface area contributed by atoms with Crippen LogP contribution in [-0.4, -0.2) is 16.0 Å². The van der Waals surface area contributed by atoms with Gasteiger partial charge in [0.25, 0.3) is 0 Å². The minimum Gasteiger partial charge on any atom is -0.506 e. The second-order valence-electron chi connectivity index (χ2n) is 6.06. The topological polar surface area (TPSA) is 75.4 Å². The van der Waals surface area contributed by atoms with Crippen molar-refractivity contribution in [2.75, 3.05) is 5.32 Å². The molecule has 5 nitrogen and oxygen atoms in total. The number of carbonyl (C=O) groups excluding carboxylic acids is 1. The lowest BCUT2D eigenvalue weighted by molar-refractivity contribution is -0.114. The van der Waals surface area contributed by atoms with E-state index in [0.717, 1.165) is 4.88 Å². The third kappa shape index (κ3) is 3.39. The average Bonchev–Trinajstić information content (AvgIpc) is 3.32. The van der Waals surface area contributed by atoms with Crippen molar-refractivity contribution in [3.05, 3.63) is 65.8 Å². The second-order valence-corrected chi connectivity index (χ2v) is 7.01. The van der Waals surface area contributed by atoms with Gasteiger partial charge in [0.15, 0.2) is 0 Å². The first kappa shape index (κ1) is 17.9. The first-order valence-corrected chi connectivity index (χ1v) is 9.31. The van der Waals surface area contributed by atoms with Gasteiger partial charge >= 0.3 is 0 Å². The molecule has 0 saturated heterocycles. The number of amides is 1. The number of aromatic nitrogens is 1. The number of nitrogens with zero attached hydrogens (tertiary/aromatic N) is 1. The monoisotopic (exact) mass is 394 g/mol. The normalized spacial score (nSPS) is 10.8. The molecule has 0 saturated carbocycles. The average molecular weight is 394 g/mol. The van der Waals surface area contributed by atoms with Crippen LogP contribution in [0, 0.1) is 5.82 Å². The molecular formula is C21H15FN2O3S. The van der Waals surface area contributed by atoms with Gasteiger partial charge < -0.3 is 9.52 Å². The quantitative estimate of drug-likeness (QED) is 0.476. The van der Waals surface area contributed by atoms with Crippen molar-refractivity contribution < 1.29 is 18.7 Å². The summed E-state index contributed by atoms with van der Waals surface area (Å²) in [7, 11) is 0. The van der Waals surface area contributed by atoms with Crippen LogP contribution in [0.25, 0.3) is 33.2 Å². The molecule has 7 heteroatoms. The highest BCUT2D eigenvalue weighted by atomic mass is 32.1. The molecule has 0 spiro atoms. The largest absolute Gasteiger partial charge is 0.506 e. The number of para-hydroxylation sites is 1. The van der Waals surface area contributed by atoms with Crippen LogP contribution in [0.5, 0.6) is 5.75 Å². The van der Waals surface area contributed by atoms with Gasteiger partial charge in [-0.15, -0.1) is 11.3 Å². The molecule has 0 radical (unpaired) electrons. The maximum absolute atomic E-state index is 13.2. The lowest BCUT2D eigenvalue weighted by atomic mass is 10.0. The van der Waals surface area contributed by atoms with Gasteiger partial charge in [0.1, 0.15) is 17.3 Å². The maximum Gasteiger partial charge on any atom is 0.233 e. The van der Waals surface area contributed by atoms with E-state index in [-0.39, 0.29) is 29.2 Å². The fourth-order valence-corrected chi connectivity index (χ4v) is 3.55. The molecule has 2 aromatic carbocycles. The highest BCUT2D eigenvalue weighted by Gasteiger charge is 2.21. The van der Waals surface area contributed by atoms with Crippen LogP contribution < -0.4 is 5.32 Å². The van der Waals surface area contributed by atoms with Gasteiger partial charge in [0, 0.05) is 12.5 Å². The molecule has 4 rings (SSSR count). The number of aromatic hydroxyl groups is 1. The summed E-state index contributed by atoms with van der Waals surface area (Å²) < 4.78 is 19.0. The minimum absolute atomic E-state index is 0.0394. The molecule has 2 aromatic heterocycles. The Morgan fingerprint density at radius 1 is 1.11 bits per heavy atom. The molecule has 0 atom stereocenters. The summed E-state index contributed by atoms with van der Waals surface area (Å²) in [6.45, 7) is 1.38. The van der Waals surface area contributed by atoms with E-state index >= 15 is 0 Å². The van der Waals surface area contributed by atoms with Crippen LogP contribution >= 0.6 is 11.3 Å². The predicted molar refractivity (Wildman–Crippen MR) is 107 cm³/mol. The van der Waals surface area contributed by atoms with Crippen molar-refractivity contribution in [2.45, 2.75) is 6.92 Å². The van der Waals surface area contributed by atoms with E-state index in [2.05, 4.69) is 10.3 Å². The van der Waals surface area contributed by atoms with Gasteiger partial charge in [-0.3, -0.25) is 10.1 Å². The fourth-order valence-electron chi connectivity index (χ4n) is 2.84. The number of hydrogen-bond acceptors (Lipinski definition) is 5. The van der Waals surface area contributed by atoms with E-state index in [1.165, 1.54) is 30.4 Å². The smallest absolute Gasteiger partial charge is 0.233 e. The van der Waals surface area contributed by atoms with Crippen molar-refractivity contribution in [1.29, 1.82) is 0 Å². The molecule has 140 valence electrons. The zero-order chi connectivity index (χ0) is 19.7. The lowest BCUT2D eigenvalue weighted by Crippen LogP contribution is -2.05. The number of phenols is 1. The van der Waals surface area contributed by atoms with E-state index < -0.39 is 0 Å². The summed E-state index contributed by atoms with van der Waals surface area (Å²) in [5, 5.41) is 15.3. The van der Waals surface area contributed by atoms with Crippen molar-refractivity contribution in [3.63, 3.8) is 0 Å². The van der Waals surface area contributed by atoms with Gasteiger partial charge in [-0.05, 0) is 35.2 Å². The van der Waals surface area contributed by atoms with Crippen LogP contribution in [0.15, 0.2) is 64.4 Å². The van der Waals surface area contributed by atoms with Crippen LogP contribution in [0.4, 0.5) is 10.3 Å². The number of nitrogens with one attached hydrogen (secondary N) is 1. The van der Waals surface area contributed by atoms with Gasteiger partial charge in [-0.25, -0.2) is 9.37 Å². The van der Waals surface area contributed by atoms with Crippen molar-refractivity contribution in [3.8, 4) is 38.9 Å². The van der Waals surface area contributed by atoms with Crippen LogP contribution in [0.2, 0.25) is 0 Å². The number of phenolic OH excluding ortho intramolecular Hbond substituents is 1. The molecule has 28 heavy (non-hydrogen) atoms. The Labute approximate surface area is 164 Å². The Bertz CT molecular complexity index is 1140. The molecule has 0 unspecified atom stereocenters. The molecule has 1 amide bonds. The molecule has 0 bridgehead atoms. The van der Waals surface area contributed by atoms with E-state index in [9.17, 15) is 14.3 Å². The lowest BCUT2D eigenvalue weighted by Gasteiger charge is -2.08. The summed E-state index contributed by atoms with van der Waals surface area (Å²) in [6, 6.07) is 14.7. The number of rotatable bonds is 4. The number of benzene rings is 2. The van der Waals surface area contributed by atoms with Crippen LogP contribution in [0.3, 0.4) is 0 Å². The first-order valence-electron chi connectivity index (χ1n) is 8.43. The summed E-state index contributed by atoms with van der Waals surface area (Å²) in [6.07, 6.45) is 0. The summed E-state index contributed by atoms with van der Waals surface area (Å²) in [5.41, 5.74) is 2.05. The SMILES string of the molecule is CC(=O)Nc1oc(-c2cccc(-c3ccc(F)cc3)c2O)nc1-c1cccs1. The highest BCUT2D eigenvalue weighted by molar-refractivity contribution is 7.13. The van der Waals surface area contributed by atoms with Crippen molar-refractivity contribution >= 4 is 23.1 Å². The molecule has 2 N–H and O–H groups in total. The molecule has 0 aliphatic rings. The first-order chi connectivity index (χ1) is 13.5. The standard InChI is InChI=1S/C21H15FN2O3S/c1-12(25)23-21-18(17-6-3-11-28-17)24-20(27-21)16-5-2-4-15(19(16)26)13-7-9-14(22)10-8-13/h2-11,26H,1H3,(H,23,25). The third-order valence-electron chi connectivity index (χ3n) is 4.09. The molecular weight excluding hydrogens is 379 g/mol. The third-order valence-corrected chi connectivity index (χ3v) is 4.97. The highest BCUT2D eigenvalue weighted by Crippen LogP contribution is 2.41. The van der Waals surface area contributed by atoms with Crippen LogP contribution in [0.1, 0.15) is 6.92 Å². The molecule has 2 heterocycles. The maximum atomic E-state index is 13.2. The molecule has 0 fully saturated rings. The Hall–Kier alpha value is -3.45. The van der Waals surface area contributed by atoms with Gasteiger partial charge in [0.05, 0.1) is 10.4 Å². The summed E-state index contributed by atoms with van der Waals surface area (Å²) >= 11 is 1.46. The Morgan fingerprint density at radius 2 is 1.86 bits per heavy atom. The van der Waals surface area contributed by atoms with E-state index in [4.69, 9.17) is 4.42 Å². The summed E-state index contributed by atoms with van der Waals surface area (Å²) in [4.78, 5) is 16.9. The van der Waals surface area contributed by atoms with E-state index in [1.807, 2.05) is 17.5 Å². The number of hydrogen-bond donors (Lipinski definition) is 2. The summed E-state index contributed by atoms with van der Waals surface area (Å²) in [5.74, 6) is -0.287. The van der Waals surface area contributed by atoms with Gasteiger partial charge in [-0.2, -0.15) is 0 Å². The molecule has 4 aromatic rings. The number of thiophene rings is 1. The Morgan fingerprint density at radius 3 is 2.54 bits per heavy atom. The van der Waals surface area contributed by atoms with Crippen LogP contribution in [-0.2, 0) is 4.79 Å². The number of carbonyl (C=O) groups is 1. The van der Waals surface area contributed by atoms with Crippen molar-refractivity contribution in [1.82, 2.24) is 4.98 Å². The zero-order valence-electron chi connectivity index (χ0n) is 14.8. The Kier molecular flexibility index (Phi) is 4.67. The predicted octanol–water partition coefficient (Wildman–Crippen LogP) is 5.54. The van der Waals surface area contributed by atoms with Crippen molar-refractivity contribution in [2.24, 2.45) is 0 Å². The fraction of sp³-hybridized carbons (Fsp3) is 0.0476. The molecule has 0 aliphatic heterocycles. The number of anilines is 1. The second kappa shape index (κ2) is 7.28. The number of oxazole rings is 1. The van der Waals surface area contributed by atoms with E-state index in [1.54, 1.807) is 30.3 Å². The zero-order valence-corrected chi connectivity index (χ0v) is 15.6. The van der Waals surface area contributed by atoms with E-state index in [0.29, 0.717) is 22.4 Å². The van der Waals surface area contributed by atoms with Gasteiger partial charge in [-0.1, -0.05) is 30.3 Å². The van der Waals surface area contributed by atoms with Gasteiger partial charge in [0.2, 0.25) is 17.7 Å².